The van der Waals surface area contributed by atoms with Gasteiger partial charge in [-0.25, -0.2) is 0 Å². The van der Waals surface area contributed by atoms with Crippen LogP contribution in [0.25, 0.3) is 0 Å². The van der Waals surface area contributed by atoms with Crippen molar-refractivity contribution in [2.75, 3.05) is 59.4 Å². The molecule has 1 fully saturated rings. The predicted molar refractivity (Wildman–Crippen MR) is 125 cm³/mol. The van der Waals surface area contributed by atoms with Crippen molar-refractivity contribution in [2.45, 2.75) is 65.3 Å². The Hall–Kier alpha value is -1.48. The topological polar surface area (TPSA) is 95.1 Å². The summed E-state index contributed by atoms with van der Waals surface area (Å²) in [6.07, 6.45) is 7.59. The average molecular weight is 457 g/mol. The molecule has 1 aliphatic carbocycles. The van der Waals surface area contributed by atoms with Crippen molar-refractivity contribution in [2.24, 2.45) is 5.92 Å². The second-order valence-corrected chi connectivity index (χ2v) is 8.32. The van der Waals surface area contributed by atoms with Gasteiger partial charge in [0.25, 0.3) is 0 Å². The van der Waals surface area contributed by atoms with Gasteiger partial charge in [-0.3, -0.25) is 9.59 Å². The molecular formula is C24H44N2O6. The first kappa shape index (κ1) is 28.6. The van der Waals surface area contributed by atoms with E-state index in [1.807, 2.05) is 6.92 Å². The standard InChI is InChI=1S/C24H44N2O6/c1-4-6-23(27)25-10-12-30-14-16-32-18-17-31-15-13-29-11-9-24(28)26-22(20(2)3)19-21-7-5-8-21/h19-20,22H,4-18H2,1-3H3,(H,25,27)(H,26,28). The molecule has 1 aliphatic rings. The molecule has 1 unspecified atom stereocenters. The van der Waals surface area contributed by atoms with E-state index in [4.69, 9.17) is 18.9 Å². The Morgan fingerprint density at radius 3 is 1.91 bits per heavy atom. The molecule has 1 atom stereocenters. The second-order valence-electron chi connectivity index (χ2n) is 8.32. The Kier molecular flexibility index (Phi) is 17.0. The molecule has 2 amide bonds. The smallest absolute Gasteiger partial charge is 0.222 e. The first-order valence-electron chi connectivity index (χ1n) is 12.1. The van der Waals surface area contributed by atoms with Gasteiger partial charge < -0.3 is 29.6 Å². The lowest BCUT2D eigenvalue weighted by Gasteiger charge is -2.24. The molecule has 0 radical (unpaired) electrons. The van der Waals surface area contributed by atoms with Gasteiger partial charge in [-0.05, 0) is 31.6 Å². The molecule has 0 aliphatic heterocycles. The molecule has 1 rings (SSSR count). The SMILES string of the molecule is CCCC(=O)NCCOCCOCCOCCOCCC(=O)NC(C=C1CCC1)C(C)C. The molecule has 8 heteroatoms. The van der Waals surface area contributed by atoms with Crippen LogP contribution in [0.4, 0.5) is 0 Å². The lowest BCUT2D eigenvalue weighted by molar-refractivity contribution is -0.123. The van der Waals surface area contributed by atoms with Crippen molar-refractivity contribution >= 4 is 11.8 Å². The maximum absolute atomic E-state index is 12.1. The van der Waals surface area contributed by atoms with Gasteiger partial charge in [0.05, 0.1) is 52.9 Å². The number of ether oxygens (including phenoxy) is 4. The fourth-order valence-electron chi connectivity index (χ4n) is 2.97. The van der Waals surface area contributed by atoms with Crippen LogP contribution < -0.4 is 10.6 Å². The van der Waals surface area contributed by atoms with Crippen molar-refractivity contribution in [1.82, 2.24) is 10.6 Å². The van der Waals surface area contributed by atoms with Crippen LogP contribution in [0, 0.1) is 5.92 Å². The summed E-state index contributed by atoms with van der Waals surface area (Å²) in [6.45, 7) is 10.5. The summed E-state index contributed by atoms with van der Waals surface area (Å²) in [5.74, 6) is 0.474. The van der Waals surface area contributed by atoms with Crippen LogP contribution in [0.3, 0.4) is 0 Å². The number of carbonyl (C=O) groups is 2. The summed E-state index contributed by atoms with van der Waals surface area (Å²) >= 11 is 0. The number of amides is 2. The van der Waals surface area contributed by atoms with Gasteiger partial charge in [-0.1, -0.05) is 32.4 Å². The van der Waals surface area contributed by atoms with Gasteiger partial charge in [0, 0.05) is 25.4 Å². The third-order valence-corrected chi connectivity index (χ3v) is 5.09. The lowest BCUT2D eigenvalue weighted by Crippen LogP contribution is -2.38. The monoisotopic (exact) mass is 456 g/mol. The highest BCUT2D eigenvalue weighted by molar-refractivity contribution is 5.76. The molecule has 32 heavy (non-hydrogen) atoms. The fourth-order valence-corrected chi connectivity index (χ4v) is 2.97. The Bertz CT molecular complexity index is 533. The largest absolute Gasteiger partial charge is 0.379 e. The van der Waals surface area contributed by atoms with Crippen molar-refractivity contribution < 1.29 is 28.5 Å². The summed E-state index contributed by atoms with van der Waals surface area (Å²) in [7, 11) is 0. The zero-order chi connectivity index (χ0) is 23.4. The molecule has 186 valence electrons. The van der Waals surface area contributed by atoms with E-state index >= 15 is 0 Å². The van der Waals surface area contributed by atoms with Crippen LogP contribution in [-0.2, 0) is 28.5 Å². The Labute approximate surface area is 193 Å². The van der Waals surface area contributed by atoms with Crippen molar-refractivity contribution in [3.8, 4) is 0 Å². The number of allylic oxidation sites excluding steroid dienone is 1. The fraction of sp³-hybridized carbons (Fsp3) is 0.833. The average Bonchev–Trinajstić information content (AvgIpc) is 2.72. The molecule has 0 spiro atoms. The lowest BCUT2D eigenvalue weighted by atomic mass is 9.88. The molecule has 0 aromatic rings. The minimum Gasteiger partial charge on any atom is -0.379 e. The van der Waals surface area contributed by atoms with Gasteiger partial charge >= 0.3 is 0 Å². The zero-order valence-electron chi connectivity index (χ0n) is 20.3. The van der Waals surface area contributed by atoms with Crippen molar-refractivity contribution in [1.29, 1.82) is 0 Å². The first-order valence-corrected chi connectivity index (χ1v) is 12.1. The van der Waals surface area contributed by atoms with E-state index in [2.05, 4.69) is 30.6 Å². The maximum Gasteiger partial charge on any atom is 0.222 e. The van der Waals surface area contributed by atoms with Crippen LogP contribution in [0.2, 0.25) is 0 Å². The Balaban J connectivity index is 1.84. The summed E-state index contributed by atoms with van der Waals surface area (Å²) in [5.41, 5.74) is 1.46. The number of hydrogen-bond donors (Lipinski definition) is 2. The number of rotatable bonds is 20. The number of carbonyl (C=O) groups excluding carboxylic acids is 2. The number of hydrogen-bond acceptors (Lipinski definition) is 6. The normalized spacial score (nSPS) is 14.2. The van der Waals surface area contributed by atoms with Crippen LogP contribution in [-0.4, -0.2) is 77.3 Å². The van der Waals surface area contributed by atoms with Crippen LogP contribution in [0.1, 0.15) is 59.3 Å². The minimum absolute atomic E-state index is 0.0275. The predicted octanol–water partition coefficient (Wildman–Crippen LogP) is 2.61. The van der Waals surface area contributed by atoms with E-state index in [1.165, 1.54) is 24.8 Å². The van der Waals surface area contributed by atoms with E-state index in [1.54, 1.807) is 0 Å². The van der Waals surface area contributed by atoms with E-state index in [-0.39, 0.29) is 17.9 Å². The van der Waals surface area contributed by atoms with Crippen LogP contribution >= 0.6 is 0 Å². The molecule has 0 heterocycles. The Morgan fingerprint density at radius 2 is 1.41 bits per heavy atom. The van der Waals surface area contributed by atoms with Crippen molar-refractivity contribution in [3.05, 3.63) is 11.6 Å². The van der Waals surface area contributed by atoms with Gasteiger partial charge in [-0.15, -0.1) is 0 Å². The highest BCUT2D eigenvalue weighted by atomic mass is 16.6. The Morgan fingerprint density at radius 1 is 0.844 bits per heavy atom. The number of nitrogens with one attached hydrogen (secondary N) is 2. The highest BCUT2D eigenvalue weighted by Gasteiger charge is 2.17. The molecule has 0 aromatic heterocycles. The molecule has 0 aromatic carbocycles. The maximum atomic E-state index is 12.1. The molecule has 1 saturated carbocycles. The molecule has 8 nitrogen and oxygen atoms in total. The highest BCUT2D eigenvalue weighted by Crippen LogP contribution is 2.26. The van der Waals surface area contributed by atoms with E-state index < -0.39 is 0 Å². The van der Waals surface area contributed by atoms with Gasteiger partial charge in [0.2, 0.25) is 11.8 Å². The first-order chi connectivity index (χ1) is 15.5. The van der Waals surface area contributed by atoms with E-state index in [0.29, 0.717) is 78.2 Å². The summed E-state index contributed by atoms with van der Waals surface area (Å²) < 4.78 is 21.7. The summed E-state index contributed by atoms with van der Waals surface area (Å²) in [5, 5.41) is 5.89. The summed E-state index contributed by atoms with van der Waals surface area (Å²) in [4.78, 5) is 23.4. The van der Waals surface area contributed by atoms with Crippen molar-refractivity contribution in [3.63, 3.8) is 0 Å². The van der Waals surface area contributed by atoms with Crippen LogP contribution in [0.15, 0.2) is 11.6 Å². The van der Waals surface area contributed by atoms with Gasteiger partial charge in [0.15, 0.2) is 0 Å². The molecule has 0 bridgehead atoms. The van der Waals surface area contributed by atoms with E-state index in [0.717, 1.165) is 6.42 Å². The quantitative estimate of drug-likeness (QED) is 0.216. The van der Waals surface area contributed by atoms with Gasteiger partial charge in [-0.2, -0.15) is 0 Å². The minimum atomic E-state index is 0.0275. The van der Waals surface area contributed by atoms with Gasteiger partial charge in [0.1, 0.15) is 0 Å². The van der Waals surface area contributed by atoms with E-state index in [9.17, 15) is 9.59 Å². The molecule has 0 saturated heterocycles. The molecular weight excluding hydrogens is 412 g/mol. The van der Waals surface area contributed by atoms with Crippen LogP contribution in [0.5, 0.6) is 0 Å². The molecule has 2 N–H and O–H groups in total. The third kappa shape index (κ3) is 15.3. The zero-order valence-corrected chi connectivity index (χ0v) is 20.3. The third-order valence-electron chi connectivity index (χ3n) is 5.09. The second kappa shape index (κ2) is 19.0. The summed E-state index contributed by atoms with van der Waals surface area (Å²) in [6, 6.07) is 0.109.